The standard InChI is InChI=1S/C11H11Cl2F2N5O3S/c1-3-24(22,23)18-8-6(12)4-7(13)9(16-8)20-11(21)19(10(14)15)5(2)17-20/h4,10H,3H2,1-2H3,(H,16,18). The zero-order valence-electron chi connectivity index (χ0n) is 12.3. The van der Waals surface area contributed by atoms with Crippen LogP contribution < -0.4 is 10.4 Å². The number of hydrogen-bond donors (Lipinski definition) is 1. The lowest BCUT2D eigenvalue weighted by molar-refractivity contribution is 0.0640. The minimum absolute atomic E-state index is 0.126. The van der Waals surface area contributed by atoms with Gasteiger partial charge in [-0.15, -0.1) is 5.10 Å². The zero-order chi connectivity index (χ0) is 18.2. The van der Waals surface area contributed by atoms with Crippen LogP contribution in [0.3, 0.4) is 0 Å². The van der Waals surface area contributed by atoms with Crippen LogP contribution >= 0.6 is 23.2 Å². The van der Waals surface area contributed by atoms with Gasteiger partial charge < -0.3 is 0 Å². The van der Waals surface area contributed by atoms with E-state index in [1.165, 1.54) is 13.8 Å². The summed E-state index contributed by atoms with van der Waals surface area (Å²) in [6.45, 7) is -0.504. The summed E-state index contributed by atoms with van der Waals surface area (Å²) in [6, 6.07) is 1.13. The normalized spacial score (nSPS) is 12.0. The Morgan fingerprint density at radius 1 is 1.33 bits per heavy atom. The summed E-state index contributed by atoms with van der Waals surface area (Å²) >= 11 is 11.8. The number of sulfonamides is 1. The smallest absolute Gasteiger partial charge is 0.266 e. The summed E-state index contributed by atoms with van der Waals surface area (Å²) in [7, 11) is -3.71. The number of halogens is 4. The fraction of sp³-hybridized carbons (Fsp3) is 0.364. The van der Waals surface area contributed by atoms with Gasteiger partial charge in [-0.2, -0.15) is 13.5 Å². The second-order valence-electron chi connectivity index (χ2n) is 4.52. The summed E-state index contributed by atoms with van der Waals surface area (Å²) in [5.74, 6) is -1.14. The summed E-state index contributed by atoms with van der Waals surface area (Å²) in [5, 5.41) is 3.38. The summed E-state index contributed by atoms with van der Waals surface area (Å²) in [6.07, 6.45) is 0. The molecule has 24 heavy (non-hydrogen) atoms. The van der Waals surface area contributed by atoms with Crippen molar-refractivity contribution in [3.8, 4) is 5.82 Å². The highest BCUT2D eigenvalue weighted by Gasteiger charge is 2.22. The zero-order valence-corrected chi connectivity index (χ0v) is 14.6. The second-order valence-corrected chi connectivity index (χ2v) is 7.34. The van der Waals surface area contributed by atoms with Gasteiger partial charge in [-0.05, 0) is 19.9 Å². The fourth-order valence-electron chi connectivity index (χ4n) is 1.74. The van der Waals surface area contributed by atoms with Gasteiger partial charge in [0.05, 0.1) is 15.8 Å². The highest BCUT2D eigenvalue weighted by atomic mass is 35.5. The van der Waals surface area contributed by atoms with E-state index in [1.54, 1.807) is 0 Å². The van der Waals surface area contributed by atoms with Gasteiger partial charge in [-0.1, -0.05) is 23.2 Å². The van der Waals surface area contributed by atoms with Gasteiger partial charge in [0, 0.05) is 0 Å². The maximum Gasteiger partial charge on any atom is 0.356 e. The van der Waals surface area contributed by atoms with Gasteiger partial charge in [-0.25, -0.2) is 22.8 Å². The largest absolute Gasteiger partial charge is 0.356 e. The number of hydrogen-bond acceptors (Lipinski definition) is 5. The van der Waals surface area contributed by atoms with Gasteiger partial charge in [0.2, 0.25) is 10.0 Å². The molecule has 1 N–H and O–H groups in total. The van der Waals surface area contributed by atoms with Crippen molar-refractivity contribution in [2.24, 2.45) is 0 Å². The van der Waals surface area contributed by atoms with Gasteiger partial charge >= 0.3 is 12.2 Å². The molecule has 0 saturated carbocycles. The molecule has 0 radical (unpaired) electrons. The van der Waals surface area contributed by atoms with Crippen LogP contribution in [0.1, 0.15) is 19.3 Å². The highest BCUT2D eigenvalue weighted by molar-refractivity contribution is 7.92. The SMILES string of the molecule is CCS(=O)(=O)Nc1nc(-n2nc(C)n(C(F)F)c2=O)c(Cl)cc1Cl. The van der Waals surface area contributed by atoms with E-state index in [0.29, 0.717) is 4.68 Å². The van der Waals surface area contributed by atoms with Crippen molar-refractivity contribution < 1.29 is 17.2 Å². The molecule has 13 heteroatoms. The number of anilines is 1. The van der Waals surface area contributed by atoms with Crippen molar-refractivity contribution in [3.63, 3.8) is 0 Å². The van der Waals surface area contributed by atoms with Crippen molar-refractivity contribution >= 4 is 39.0 Å². The molecular weight excluding hydrogens is 391 g/mol. The Balaban J connectivity index is 2.64. The van der Waals surface area contributed by atoms with E-state index < -0.39 is 22.3 Å². The topological polar surface area (TPSA) is 98.9 Å². The Morgan fingerprint density at radius 3 is 2.46 bits per heavy atom. The lowest BCUT2D eigenvalue weighted by Crippen LogP contribution is -2.26. The van der Waals surface area contributed by atoms with Gasteiger partial charge in [0.1, 0.15) is 5.82 Å². The number of nitrogens with one attached hydrogen (secondary N) is 1. The van der Waals surface area contributed by atoms with Crippen LogP contribution in [-0.2, 0) is 10.0 Å². The molecule has 0 fully saturated rings. The number of nitrogens with zero attached hydrogens (tertiary/aromatic N) is 4. The molecule has 0 amide bonds. The number of pyridine rings is 1. The van der Waals surface area contributed by atoms with Gasteiger partial charge in [0.15, 0.2) is 11.6 Å². The first-order valence-electron chi connectivity index (χ1n) is 6.40. The number of alkyl halides is 2. The number of aryl methyl sites for hydroxylation is 1. The van der Waals surface area contributed by atoms with E-state index in [0.717, 1.165) is 6.07 Å². The van der Waals surface area contributed by atoms with E-state index >= 15 is 0 Å². The molecule has 2 aromatic heterocycles. The van der Waals surface area contributed by atoms with Crippen molar-refractivity contribution in [2.45, 2.75) is 20.4 Å². The quantitative estimate of drug-likeness (QED) is 0.827. The lowest BCUT2D eigenvalue weighted by Gasteiger charge is -2.10. The first-order valence-corrected chi connectivity index (χ1v) is 8.81. The van der Waals surface area contributed by atoms with E-state index in [1.807, 2.05) is 0 Å². The minimum atomic E-state index is -3.71. The van der Waals surface area contributed by atoms with E-state index in [-0.39, 0.29) is 37.8 Å². The molecular formula is C11H11Cl2F2N5O3S. The molecule has 0 saturated heterocycles. The Bertz CT molecular complexity index is 942. The Morgan fingerprint density at radius 2 is 1.96 bits per heavy atom. The Labute approximate surface area is 145 Å². The van der Waals surface area contributed by atoms with Crippen LogP contribution in [0.2, 0.25) is 10.0 Å². The van der Waals surface area contributed by atoms with E-state index in [9.17, 15) is 22.0 Å². The minimum Gasteiger partial charge on any atom is -0.266 e. The fourth-order valence-corrected chi connectivity index (χ4v) is 2.87. The molecule has 0 spiro atoms. The molecule has 0 aliphatic rings. The first-order chi connectivity index (χ1) is 11.1. The Kier molecular flexibility index (Phi) is 5.16. The van der Waals surface area contributed by atoms with Crippen molar-refractivity contribution in [1.29, 1.82) is 0 Å². The van der Waals surface area contributed by atoms with Crippen LogP contribution in [0, 0.1) is 6.92 Å². The monoisotopic (exact) mass is 401 g/mol. The van der Waals surface area contributed by atoms with Crippen LogP contribution in [0.15, 0.2) is 10.9 Å². The van der Waals surface area contributed by atoms with E-state index in [2.05, 4.69) is 14.8 Å². The third-order valence-corrected chi connectivity index (χ3v) is 4.75. The molecule has 0 aliphatic heterocycles. The molecule has 0 atom stereocenters. The van der Waals surface area contributed by atoms with Gasteiger partial charge in [-0.3, -0.25) is 4.72 Å². The summed E-state index contributed by atoms with van der Waals surface area (Å²) < 4.78 is 51.8. The molecule has 0 bridgehead atoms. The molecule has 8 nitrogen and oxygen atoms in total. The highest BCUT2D eigenvalue weighted by Crippen LogP contribution is 2.28. The Hall–Kier alpha value is -1.72. The first kappa shape index (κ1) is 18.6. The molecule has 0 aliphatic carbocycles. The molecule has 0 aromatic carbocycles. The number of aromatic nitrogens is 4. The molecule has 0 unspecified atom stereocenters. The summed E-state index contributed by atoms with van der Waals surface area (Å²) in [5.41, 5.74) is -1.18. The molecule has 2 aromatic rings. The van der Waals surface area contributed by atoms with Gasteiger partial charge in [0.25, 0.3) is 0 Å². The van der Waals surface area contributed by atoms with Crippen LogP contribution in [0.4, 0.5) is 14.6 Å². The van der Waals surface area contributed by atoms with Crippen molar-refractivity contribution in [2.75, 3.05) is 10.5 Å². The third kappa shape index (κ3) is 3.52. The maximum atomic E-state index is 12.9. The maximum absolute atomic E-state index is 12.9. The molecule has 2 heterocycles. The second kappa shape index (κ2) is 6.65. The predicted octanol–water partition coefficient (Wildman–Crippen LogP) is 2.20. The predicted molar refractivity (Wildman–Crippen MR) is 84.7 cm³/mol. The van der Waals surface area contributed by atoms with Crippen molar-refractivity contribution in [3.05, 3.63) is 32.4 Å². The van der Waals surface area contributed by atoms with Crippen molar-refractivity contribution in [1.82, 2.24) is 19.3 Å². The lowest BCUT2D eigenvalue weighted by atomic mass is 10.4. The van der Waals surface area contributed by atoms with Crippen LogP contribution in [-0.4, -0.2) is 33.5 Å². The third-order valence-electron chi connectivity index (χ3n) is 2.92. The average Bonchev–Trinajstić information content (AvgIpc) is 2.76. The number of rotatable bonds is 5. The van der Waals surface area contributed by atoms with E-state index in [4.69, 9.17) is 23.2 Å². The van der Waals surface area contributed by atoms with Crippen LogP contribution in [0.25, 0.3) is 5.82 Å². The van der Waals surface area contributed by atoms with Crippen LogP contribution in [0.5, 0.6) is 0 Å². The molecule has 2 rings (SSSR count). The average molecular weight is 402 g/mol. The summed E-state index contributed by atoms with van der Waals surface area (Å²) in [4.78, 5) is 15.9. The molecule has 132 valence electrons.